The summed E-state index contributed by atoms with van der Waals surface area (Å²) >= 11 is 0. The van der Waals surface area contributed by atoms with E-state index in [2.05, 4.69) is 20.8 Å². The molecule has 0 bridgehead atoms. The van der Waals surface area contributed by atoms with E-state index in [4.69, 9.17) is 9.26 Å². The number of rotatable bonds is 9. The third kappa shape index (κ3) is 5.63. The molecule has 170 valence electrons. The molecule has 0 saturated carbocycles. The van der Waals surface area contributed by atoms with Crippen LogP contribution in [0.2, 0.25) is 0 Å². The van der Waals surface area contributed by atoms with Crippen LogP contribution in [0.4, 0.5) is 8.78 Å². The SMILES string of the molecule is COCCNC(=O)c1cn(C[C@@H]2CC(F)(F)CN2C(=O)CCc2c(C)noc2C)nn1. The average Bonchev–Trinajstić information content (AvgIpc) is 3.38. The summed E-state index contributed by atoms with van der Waals surface area (Å²) in [5.74, 6) is -3.18. The number of aromatic nitrogens is 4. The molecule has 1 atom stereocenters. The Morgan fingerprint density at radius 1 is 1.39 bits per heavy atom. The number of halogens is 2. The lowest BCUT2D eigenvalue weighted by Gasteiger charge is -2.23. The first-order chi connectivity index (χ1) is 14.7. The maximum Gasteiger partial charge on any atom is 0.273 e. The number of aryl methyl sites for hydroxylation is 2. The van der Waals surface area contributed by atoms with Crippen LogP contribution in [0, 0.1) is 13.8 Å². The van der Waals surface area contributed by atoms with Crippen LogP contribution in [-0.4, -0.2) is 75.6 Å². The minimum absolute atomic E-state index is 0.0189. The maximum atomic E-state index is 14.1. The molecule has 1 aliphatic rings. The molecule has 2 aromatic heterocycles. The van der Waals surface area contributed by atoms with Gasteiger partial charge in [0.1, 0.15) is 5.76 Å². The highest BCUT2D eigenvalue weighted by molar-refractivity contribution is 5.91. The Kier molecular flexibility index (Phi) is 6.98. The minimum Gasteiger partial charge on any atom is -0.383 e. The molecule has 0 aromatic carbocycles. The smallest absolute Gasteiger partial charge is 0.273 e. The number of likely N-dealkylation sites (tertiary alicyclic amines) is 1. The van der Waals surface area contributed by atoms with E-state index in [9.17, 15) is 18.4 Å². The highest BCUT2D eigenvalue weighted by atomic mass is 19.3. The number of hydrogen-bond acceptors (Lipinski definition) is 7. The van der Waals surface area contributed by atoms with Crippen LogP contribution in [0.3, 0.4) is 0 Å². The van der Waals surface area contributed by atoms with Crippen molar-refractivity contribution in [2.24, 2.45) is 0 Å². The Morgan fingerprint density at radius 2 is 2.16 bits per heavy atom. The number of nitrogens with one attached hydrogen (secondary N) is 1. The zero-order valence-electron chi connectivity index (χ0n) is 17.7. The van der Waals surface area contributed by atoms with E-state index in [1.54, 1.807) is 13.8 Å². The van der Waals surface area contributed by atoms with Crippen molar-refractivity contribution in [2.45, 2.75) is 51.6 Å². The van der Waals surface area contributed by atoms with Gasteiger partial charge in [-0.3, -0.25) is 9.59 Å². The molecule has 31 heavy (non-hydrogen) atoms. The number of alkyl halides is 2. The van der Waals surface area contributed by atoms with Crippen molar-refractivity contribution in [3.05, 3.63) is 28.9 Å². The van der Waals surface area contributed by atoms with Crippen molar-refractivity contribution in [3.63, 3.8) is 0 Å². The molecule has 0 aliphatic carbocycles. The van der Waals surface area contributed by atoms with Crippen molar-refractivity contribution >= 4 is 11.8 Å². The van der Waals surface area contributed by atoms with Crippen LogP contribution < -0.4 is 5.32 Å². The van der Waals surface area contributed by atoms with Crippen LogP contribution in [0.25, 0.3) is 0 Å². The van der Waals surface area contributed by atoms with Gasteiger partial charge in [-0.2, -0.15) is 0 Å². The van der Waals surface area contributed by atoms with Crippen LogP contribution in [0.5, 0.6) is 0 Å². The van der Waals surface area contributed by atoms with Crippen molar-refractivity contribution in [2.75, 3.05) is 26.8 Å². The molecule has 0 unspecified atom stereocenters. The Bertz CT molecular complexity index is 909. The third-order valence-electron chi connectivity index (χ3n) is 5.23. The standard InChI is InChI=1S/C19H26F2N6O4/c1-12-15(13(2)31-24-12)4-5-17(28)27-11-19(20,21)8-14(27)9-26-10-16(23-25-26)18(29)22-6-7-30-3/h10,14H,4-9,11H2,1-3H3,(H,22,29)/t14-/m0/s1. The fourth-order valence-electron chi connectivity index (χ4n) is 3.65. The van der Waals surface area contributed by atoms with Crippen molar-refractivity contribution in [3.8, 4) is 0 Å². The zero-order chi connectivity index (χ0) is 22.6. The monoisotopic (exact) mass is 440 g/mol. The molecular formula is C19H26F2N6O4. The highest BCUT2D eigenvalue weighted by Gasteiger charge is 2.47. The van der Waals surface area contributed by atoms with E-state index in [1.807, 2.05) is 0 Å². The van der Waals surface area contributed by atoms with Gasteiger partial charge in [0.25, 0.3) is 11.8 Å². The highest BCUT2D eigenvalue weighted by Crippen LogP contribution is 2.33. The lowest BCUT2D eigenvalue weighted by molar-refractivity contribution is -0.133. The number of hydrogen-bond donors (Lipinski definition) is 1. The first kappa shape index (κ1) is 22.8. The molecule has 3 heterocycles. The molecule has 0 radical (unpaired) electrons. The Morgan fingerprint density at radius 3 is 2.84 bits per heavy atom. The summed E-state index contributed by atoms with van der Waals surface area (Å²) in [7, 11) is 1.52. The summed E-state index contributed by atoms with van der Waals surface area (Å²) in [4.78, 5) is 25.9. The van der Waals surface area contributed by atoms with Crippen molar-refractivity contribution in [1.29, 1.82) is 0 Å². The van der Waals surface area contributed by atoms with Gasteiger partial charge in [-0.15, -0.1) is 5.10 Å². The van der Waals surface area contributed by atoms with Crippen LogP contribution >= 0.6 is 0 Å². The van der Waals surface area contributed by atoms with Gasteiger partial charge in [0.15, 0.2) is 5.69 Å². The molecule has 2 aromatic rings. The zero-order valence-corrected chi connectivity index (χ0v) is 17.7. The van der Waals surface area contributed by atoms with Gasteiger partial charge in [0.2, 0.25) is 5.91 Å². The fourth-order valence-corrected chi connectivity index (χ4v) is 3.65. The molecular weight excluding hydrogens is 414 g/mol. The molecule has 10 nitrogen and oxygen atoms in total. The Labute approximate surface area is 177 Å². The van der Waals surface area contributed by atoms with Gasteiger partial charge in [-0.05, 0) is 20.3 Å². The van der Waals surface area contributed by atoms with Crippen molar-refractivity contribution < 1.29 is 27.6 Å². The number of carbonyl (C=O) groups is 2. The molecule has 1 aliphatic heterocycles. The second-order valence-corrected chi connectivity index (χ2v) is 7.61. The van der Waals surface area contributed by atoms with Gasteiger partial charge < -0.3 is 19.5 Å². The largest absolute Gasteiger partial charge is 0.383 e. The molecule has 1 fully saturated rings. The number of carbonyl (C=O) groups excluding carboxylic acids is 2. The lowest BCUT2D eigenvalue weighted by Crippen LogP contribution is -2.39. The average molecular weight is 440 g/mol. The number of methoxy groups -OCH3 is 1. The molecule has 0 spiro atoms. The minimum atomic E-state index is -2.98. The maximum absolute atomic E-state index is 14.1. The number of ether oxygens (including phenoxy) is 1. The first-order valence-corrected chi connectivity index (χ1v) is 9.96. The van der Waals surface area contributed by atoms with E-state index in [0.717, 1.165) is 5.56 Å². The Hall–Kier alpha value is -2.89. The summed E-state index contributed by atoms with van der Waals surface area (Å²) < 4.78 is 39.5. The van der Waals surface area contributed by atoms with Gasteiger partial charge >= 0.3 is 0 Å². The molecule has 1 saturated heterocycles. The summed E-state index contributed by atoms with van der Waals surface area (Å²) in [5.41, 5.74) is 1.57. The van der Waals surface area contributed by atoms with Gasteiger partial charge in [0, 0.05) is 32.1 Å². The predicted molar refractivity (Wildman–Crippen MR) is 104 cm³/mol. The van der Waals surface area contributed by atoms with E-state index in [0.29, 0.717) is 31.0 Å². The summed E-state index contributed by atoms with van der Waals surface area (Å²) in [6, 6.07) is -0.752. The summed E-state index contributed by atoms with van der Waals surface area (Å²) in [6.07, 6.45) is 1.34. The summed E-state index contributed by atoms with van der Waals surface area (Å²) in [6.45, 7) is 3.56. The summed E-state index contributed by atoms with van der Waals surface area (Å²) in [5, 5.41) is 14.1. The van der Waals surface area contributed by atoms with Gasteiger partial charge in [0.05, 0.1) is 37.6 Å². The third-order valence-corrected chi connectivity index (χ3v) is 5.23. The predicted octanol–water partition coefficient (Wildman–Crippen LogP) is 1.13. The number of nitrogens with zero attached hydrogens (tertiary/aromatic N) is 5. The van der Waals surface area contributed by atoms with Gasteiger partial charge in [-0.25, -0.2) is 13.5 Å². The second kappa shape index (κ2) is 9.50. The lowest BCUT2D eigenvalue weighted by atomic mass is 10.1. The second-order valence-electron chi connectivity index (χ2n) is 7.61. The van der Waals surface area contributed by atoms with Crippen molar-refractivity contribution in [1.82, 2.24) is 30.4 Å². The first-order valence-electron chi connectivity index (χ1n) is 9.96. The Balaban J connectivity index is 1.62. The topological polar surface area (TPSA) is 115 Å². The van der Waals surface area contributed by atoms with E-state index < -0.39 is 30.8 Å². The normalized spacial score (nSPS) is 17.8. The van der Waals surface area contributed by atoms with Crippen LogP contribution in [0.1, 0.15) is 40.3 Å². The van der Waals surface area contributed by atoms with E-state index in [-0.39, 0.29) is 24.6 Å². The van der Waals surface area contributed by atoms with Gasteiger partial charge in [-0.1, -0.05) is 10.4 Å². The van der Waals surface area contributed by atoms with Crippen LogP contribution in [-0.2, 0) is 22.5 Å². The van der Waals surface area contributed by atoms with E-state index >= 15 is 0 Å². The number of amides is 2. The fraction of sp³-hybridized carbons (Fsp3) is 0.632. The van der Waals surface area contributed by atoms with E-state index in [1.165, 1.54) is 22.9 Å². The quantitative estimate of drug-likeness (QED) is 0.581. The molecule has 3 rings (SSSR count). The molecule has 2 amide bonds. The van der Waals surface area contributed by atoms with Crippen LogP contribution in [0.15, 0.2) is 10.7 Å². The molecule has 1 N–H and O–H groups in total. The molecule has 12 heteroatoms.